The molecule has 2 aromatic rings. The third kappa shape index (κ3) is 4.78. The summed E-state index contributed by atoms with van der Waals surface area (Å²) in [4.78, 5) is 8.70. The molecule has 1 heterocycles. The summed E-state index contributed by atoms with van der Waals surface area (Å²) in [6, 6.07) is 4.15. The highest BCUT2D eigenvalue weighted by molar-refractivity contribution is 6.34. The molecule has 5 nitrogen and oxygen atoms in total. The quantitative estimate of drug-likeness (QED) is 0.420. The molecule has 0 bridgehead atoms. The first-order valence-corrected chi connectivity index (χ1v) is 7.67. The van der Waals surface area contributed by atoms with Crippen LogP contribution in [0, 0.1) is 5.82 Å². The van der Waals surface area contributed by atoms with Crippen LogP contribution in [0.15, 0.2) is 48.4 Å². The topological polar surface area (TPSA) is 53.5 Å². The van der Waals surface area contributed by atoms with E-state index in [1.54, 1.807) is 25.3 Å². The van der Waals surface area contributed by atoms with Crippen molar-refractivity contribution in [3.63, 3.8) is 0 Å². The zero-order chi connectivity index (χ0) is 18.4. The molecule has 0 aliphatic rings. The van der Waals surface area contributed by atoms with Crippen LogP contribution in [0.4, 0.5) is 4.39 Å². The van der Waals surface area contributed by atoms with Gasteiger partial charge in [0.05, 0.1) is 19.7 Å². The molecule has 0 radical (unpaired) electrons. The zero-order valence-electron chi connectivity index (χ0n) is 14.2. The van der Waals surface area contributed by atoms with E-state index in [0.717, 1.165) is 0 Å². The van der Waals surface area contributed by atoms with Gasteiger partial charge in [-0.05, 0) is 30.4 Å². The van der Waals surface area contributed by atoms with Crippen molar-refractivity contribution in [3.8, 4) is 0 Å². The molecule has 132 valence electrons. The van der Waals surface area contributed by atoms with Crippen LogP contribution in [0.2, 0.25) is 5.15 Å². The number of fused-ring (bicyclic) bond motifs is 1. The molecule has 0 N–H and O–H groups in total. The Balaban J connectivity index is 2.61. The van der Waals surface area contributed by atoms with Crippen LogP contribution in [-0.4, -0.2) is 37.9 Å². The van der Waals surface area contributed by atoms with Gasteiger partial charge in [-0.1, -0.05) is 18.2 Å². The van der Waals surface area contributed by atoms with E-state index in [4.69, 9.17) is 25.8 Å². The molecule has 0 spiro atoms. The summed E-state index contributed by atoms with van der Waals surface area (Å²) in [5.74, 6) is 0.874. The van der Waals surface area contributed by atoms with E-state index in [0.29, 0.717) is 33.8 Å². The van der Waals surface area contributed by atoms with E-state index in [9.17, 15) is 4.39 Å². The van der Waals surface area contributed by atoms with E-state index in [1.165, 1.54) is 26.4 Å². The molecule has 0 unspecified atom stereocenters. The summed E-state index contributed by atoms with van der Waals surface area (Å²) in [6.07, 6.45) is 3.35. The monoisotopic (exact) mass is 364 g/mol. The number of halogens is 2. The maximum atomic E-state index is 13.4. The maximum Gasteiger partial charge on any atom is 0.161 e. The minimum atomic E-state index is -0.407. The van der Waals surface area contributed by atoms with Crippen molar-refractivity contribution >= 4 is 28.1 Å². The van der Waals surface area contributed by atoms with E-state index in [1.807, 2.05) is 0 Å². The molecule has 0 saturated carbocycles. The Kier molecular flexibility index (Phi) is 6.50. The number of rotatable bonds is 7. The Morgan fingerprint density at radius 3 is 2.60 bits per heavy atom. The van der Waals surface area contributed by atoms with Gasteiger partial charge < -0.3 is 14.2 Å². The van der Waals surface area contributed by atoms with Crippen molar-refractivity contribution < 1.29 is 18.6 Å². The van der Waals surface area contributed by atoms with Gasteiger partial charge in [-0.15, -0.1) is 0 Å². The average Bonchev–Trinajstić information content (AvgIpc) is 2.60. The molecule has 2 rings (SSSR count). The predicted molar refractivity (Wildman–Crippen MR) is 95.6 cm³/mol. The van der Waals surface area contributed by atoms with Crippen molar-refractivity contribution in [2.45, 2.75) is 0 Å². The minimum absolute atomic E-state index is 0.146. The van der Waals surface area contributed by atoms with Crippen LogP contribution in [-0.2, 0) is 14.2 Å². The molecule has 0 saturated heterocycles. The van der Waals surface area contributed by atoms with Crippen molar-refractivity contribution in [1.29, 1.82) is 0 Å². The maximum absolute atomic E-state index is 13.4. The molecule has 25 heavy (non-hydrogen) atoms. The second kappa shape index (κ2) is 8.60. The standard InChI is InChI=1S/C18H18ClFN2O3/c1-11(24-3)7-12(8-14(25-4)10-23-2)18-21-16-6-5-13(20)9-15(16)17(19)22-18/h5-9H,1,10H2,2-4H3/b12-7+,14-8+. The third-order valence-corrected chi connectivity index (χ3v) is 3.60. The van der Waals surface area contributed by atoms with Gasteiger partial charge in [0.1, 0.15) is 29.1 Å². The SMILES string of the molecule is C=C(/C=C(\C=C(/COC)OC)c1nc(Cl)c2cc(F)ccc2n1)OC. The third-order valence-electron chi connectivity index (χ3n) is 3.31. The molecule has 0 amide bonds. The number of hydrogen-bond acceptors (Lipinski definition) is 5. The Hall–Kier alpha value is -2.44. The predicted octanol–water partition coefficient (Wildman–Crippen LogP) is 4.14. The zero-order valence-corrected chi connectivity index (χ0v) is 14.9. The normalized spacial score (nSPS) is 12.4. The van der Waals surface area contributed by atoms with Gasteiger partial charge in [-0.2, -0.15) is 0 Å². The average molecular weight is 365 g/mol. The summed E-state index contributed by atoms with van der Waals surface area (Å²) < 4.78 is 28.9. The number of allylic oxidation sites excluding steroid dienone is 3. The first kappa shape index (κ1) is 18.9. The van der Waals surface area contributed by atoms with E-state index >= 15 is 0 Å². The lowest BCUT2D eigenvalue weighted by Gasteiger charge is -2.09. The van der Waals surface area contributed by atoms with Gasteiger partial charge in [-0.3, -0.25) is 0 Å². The molecular weight excluding hydrogens is 347 g/mol. The van der Waals surface area contributed by atoms with E-state index in [-0.39, 0.29) is 11.8 Å². The summed E-state index contributed by atoms with van der Waals surface area (Å²) in [5, 5.41) is 0.579. The van der Waals surface area contributed by atoms with Gasteiger partial charge in [0, 0.05) is 18.1 Å². The smallest absolute Gasteiger partial charge is 0.161 e. The number of ether oxygens (including phenoxy) is 3. The number of hydrogen-bond donors (Lipinski definition) is 0. The van der Waals surface area contributed by atoms with Crippen LogP contribution in [0.25, 0.3) is 16.5 Å². The summed E-state index contributed by atoms with van der Waals surface area (Å²) in [6.45, 7) is 4.04. The van der Waals surface area contributed by atoms with Crippen molar-refractivity contribution in [1.82, 2.24) is 9.97 Å². The van der Waals surface area contributed by atoms with Crippen LogP contribution >= 0.6 is 11.6 Å². The van der Waals surface area contributed by atoms with Crippen molar-refractivity contribution in [3.05, 3.63) is 65.2 Å². The minimum Gasteiger partial charge on any atom is -0.499 e. The first-order chi connectivity index (χ1) is 12.0. The summed E-state index contributed by atoms with van der Waals surface area (Å²) in [7, 11) is 4.59. The number of aromatic nitrogens is 2. The van der Waals surface area contributed by atoms with Crippen molar-refractivity contribution in [2.75, 3.05) is 27.9 Å². The van der Waals surface area contributed by atoms with Crippen LogP contribution < -0.4 is 0 Å². The number of methoxy groups -OCH3 is 3. The van der Waals surface area contributed by atoms with Gasteiger partial charge in [0.2, 0.25) is 0 Å². The molecule has 1 aromatic heterocycles. The Morgan fingerprint density at radius 2 is 1.96 bits per heavy atom. The lowest BCUT2D eigenvalue weighted by Crippen LogP contribution is -2.01. The molecule has 0 aliphatic carbocycles. The van der Waals surface area contributed by atoms with Crippen LogP contribution in [0.3, 0.4) is 0 Å². The van der Waals surface area contributed by atoms with Gasteiger partial charge in [0.25, 0.3) is 0 Å². The fourth-order valence-corrected chi connectivity index (χ4v) is 2.30. The fourth-order valence-electron chi connectivity index (χ4n) is 2.07. The second-order valence-electron chi connectivity index (χ2n) is 5.02. The highest BCUT2D eigenvalue weighted by Gasteiger charge is 2.12. The Bertz CT molecular complexity index is 850. The first-order valence-electron chi connectivity index (χ1n) is 7.29. The number of nitrogens with zero attached hydrogens (tertiary/aromatic N) is 2. The van der Waals surface area contributed by atoms with Crippen LogP contribution in [0.1, 0.15) is 5.82 Å². The summed E-state index contributed by atoms with van der Waals surface area (Å²) in [5.41, 5.74) is 1.08. The second-order valence-corrected chi connectivity index (χ2v) is 5.38. The molecule has 7 heteroatoms. The van der Waals surface area contributed by atoms with E-state index < -0.39 is 5.82 Å². The molecular formula is C18H18ClFN2O3. The van der Waals surface area contributed by atoms with Gasteiger partial charge in [-0.25, -0.2) is 14.4 Å². The lowest BCUT2D eigenvalue weighted by atomic mass is 10.1. The van der Waals surface area contributed by atoms with Crippen LogP contribution in [0.5, 0.6) is 0 Å². The van der Waals surface area contributed by atoms with Gasteiger partial charge in [0.15, 0.2) is 5.82 Å². The Morgan fingerprint density at radius 1 is 1.20 bits per heavy atom. The highest BCUT2D eigenvalue weighted by Crippen LogP contribution is 2.25. The molecule has 0 fully saturated rings. The highest BCUT2D eigenvalue weighted by atomic mass is 35.5. The molecule has 1 aromatic carbocycles. The number of benzene rings is 1. The van der Waals surface area contributed by atoms with E-state index in [2.05, 4.69) is 16.5 Å². The largest absolute Gasteiger partial charge is 0.499 e. The Labute approximate surface area is 150 Å². The fraction of sp³-hybridized carbons (Fsp3) is 0.222. The molecule has 0 aliphatic heterocycles. The lowest BCUT2D eigenvalue weighted by molar-refractivity contribution is 0.159. The van der Waals surface area contributed by atoms with Gasteiger partial charge >= 0.3 is 0 Å². The molecule has 0 atom stereocenters. The van der Waals surface area contributed by atoms with Crippen molar-refractivity contribution in [2.24, 2.45) is 0 Å². The summed E-state index contributed by atoms with van der Waals surface area (Å²) >= 11 is 6.20.